The maximum absolute atomic E-state index is 13.7. The molecule has 2 aromatic heterocycles. The lowest BCUT2D eigenvalue weighted by Gasteiger charge is -2.18. The number of halogens is 4. The van der Waals surface area contributed by atoms with E-state index in [1.165, 1.54) is 24.4 Å². The van der Waals surface area contributed by atoms with Gasteiger partial charge in [0.2, 0.25) is 5.96 Å². The van der Waals surface area contributed by atoms with E-state index in [9.17, 15) is 17.6 Å². The second-order valence-electron chi connectivity index (χ2n) is 8.26. The van der Waals surface area contributed by atoms with Crippen molar-refractivity contribution in [2.75, 3.05) is 5.32 Å². The Balaban J connectivity index is 1.60. The fourth-order valence-corrected chi connectivity index (χ4v) is 3.33. The zero-order valence-electron chi connectivity index (χ0n) is 18.2. The summed E-state index contributed by atoms with van der Waals surface area (Å²) in [5.74, 6) is -1.78. The van der Waals surface area contributed by atoms with Gasteiger partial charge < -0.3 is 10.6 Å². The van der Waals surface area contributed by atoms with E-state index in [4.69, 9.17) is 0 Å². The summed E-state index contributed by atoms with van der Waals surface area (Å²) in [6.07, 6.45) is 2.40. The number of aliphatic imine (C=N–C) groups is 2. The van der Waals surface area contributed by atoms with E-state index < -0.39 is 12.3 Å². The van der Waals surface area contributed by atoms with Crippen LogP contribution >= 0.6 is 0 Å². The number of alkyl halides is 4. The van der Waals surface area contributed by atoms with Crippen LogP contribution in [0.3, 0.4) is 0 Å². The van der Waals surface area contributed by atoms with Crippen LogP contribution in [0.25, 0.3) is 5.70 Å². The van der Waals surface area contributed by atoms with Gasteiger partial charge in [0.1, 0.15) is 17.2 Å². The SMILES string of the molecule is CC1CC1N=C1N=C(Nc2ccnc(C(C)(F)F)c2)CC/C=C(/c2cccc(C(F)F)n2)N1. The molecule has 1 fully saturated rings. The van der Waals surface area contributed by atoms with Crippen LogP contribution < -0.4 is 10.6 Å². The van der Waals surface area contributed by atoms with E-state index in [0.29, 0.717) is 47.6 Å². The molecule has 10 heteroatoms. The monoisotopic (exact) mass is 460 g/mol. The Morgan fingerprint density at radius 3 is 2.73 bits per heavy atom. The highest BCUT2D eigenvalue weighted by molar-refractivity contribution is 6.05. The number of hydrogen-bond acceptors (Lipinski definition) is 4. The fourth-order valence-electron chi connectivity index (χ4n) is 3.33. The highest BCUT2D eigenvalue weighted by Gasteiger charge is 2.33. The lowest BCUT2D eigenvalue weighted by Crippen LogP contribution is -2.27. The average Bonchev–Trinajstić information content (AvgIpc) is 3.45. The minimum absolute atomic E-state index is 0.116. The largest absolute Gasteiger partial charge is 0.344 e. The minimum atomic E-state index is -3.06. The molecule has 0 aromatic carbocycles. The molecule has 174 valence electrons. The summed E-state index contributed by atoms with van der Waals surface area (Å²) < 4.78 is 53.5. The highest BCUT2D eigenvalue weighted by atomic mass is 19.3. The minimum Gasteiger partial charge on any atom is -0.344 e. The molecule has 33 heavy (non-hydrogen) atoms. The molecule has 1 aliphatic heterocycles. The Morgan fingerprint density at radius 2 is 2.03 bits per heavy atom. The average molecular weight is 460 g/mol. The first-order valence-electron chi connectivity index (χ1n) is 10.7. The van der Waals surface area contributed by atoms with E-state index >= 15 is 0 Å². The number of amidine groups is 1. The maximum atomic E-state index is 13.7. The molecule has 2 unspecified atom stereocenters. The van der Waals surface area contributed by atoms with Crippen LogP contribution in [0, 0.1) is 5.92 Å². The van der Waals surface area contributed by atoms with Gasteiger partial charge in [0.25, 0.3) is 12.3 Å². The summed E-state index contributed by atoms with van der Waals surface area (Å²) in [7, 11) is 0. The van der Waals surface area contributed by atoms with Gasteiger partial charge in [0.05, 0.1) is 17.4 Å². The fraction of sp³-hybridized carbons (Fsp3) is 0.391. The number of aromatic nitrogens is 2. The van der Waals surface area contributed by atoms with Gasteiger partial charge in [-0.05, 0) is 43.0 Å². The molecule has 4 rings (SSSR count). The quantitative estimate of drug-likeness (QED) is 0.576. The molecule has 2 atom stereocenters. The van der Waals surface area contributed by atoms with Crippen LogP contribution in [-0.2, 0) is 5.92 Å². The number of hydrogen-bond donors (Lipinski definition) is 2. The van der Waals surface area contributed by atoms with Gasteiger partial charge in [-0.3, -0.25) is 4.98 Å². The third-order valence-corrected chi connectivity index (χ3v) is 5.34. The predicted molar refractivity (Wildman–Crippen MR) is 119 cm³/mol. The molecule has 0 radical (unpaired) electrons. The topological polar surface area (TPSA) is 74.6 Å². The molecule has 2 aliphatic rings. The maximum Gasteiger partial charge on any atom is 0.287 e. The van der Waals surface area contributed by atoms with Gasteiger partial charge in [-0.25, -0.2) is 23.7 Å². The van der Waals surface area contributed by atoms with Crippen LogP contribution in [0.4, 0.5) is 23.2 Å². The van der Waals surface area contributed by atoms with Gasteiger partial charge in [0.15, 0.2) is 0 Å². The predicted octanol–water partition coefficient (Wildman–Crippen LogP) is 5.53. The van der Waals surface area contributed by atoms with Crippen LogP contribution in [0.15, 0.2) is 52.6 Å². The molecule has 1 aliphatic carbocycles. The number of allylic oxidation sites excluding steroid dienone is 1. The third kappa shape index (κ3) is 5.94. The van der Waals surface area contributed by atoms with Crippen molar-refractivity contribution < 1.29 is 17.6 Å². The second-order valence-corrected chi connectivity index (χ2v) is 8.26. The van der Waals surface area contributed by atoms with Crippen molar-refractivity contribution in [2.24, 2.45) is 15.9 Å². The molecular weight excluding hydrogens is 436 g/mol. The van der Waals surface area contributed by atoms with E-state index in [0.717, 1.165) is 13.3 Å². The van der Waals surface area contributed by atoms with Gasteiger partial charge >= 0.3 is 0 Å². The summed E-state index contributed by atoms with van der Waals surface area (Å²) in [4.78, 5) is 17.0. The molecule has 1 saturated carbocycles. The van der Waals surface area contributed by atoms with E-state index in [-0.39, 0.29) is 17.4 Å². The Bertz CT molecular complexity index is 1110. The molecular formula is C23H24F4N6. The number of nitrogens with one attached hydrogen (secondary N) is 2. The van der Waals surface area contributed by atoms with E-state index in [1.54, 1.807) is 12.1 Å². The van der Waals surface area contributed by atoms with Gasteiger partial charge in [-0.2, -0.15) is 8.78 Å². The van der Waals surface area contributed by atoms with Gasteiger partial charge in [-0.1, -0.05) is 19.1 Å². The zero-order chi connectivity index (χ0) is 23.6. The van der Waals surface area contributed by atoms with E-state index in [1.807, 2.05) is 6.08 Å². The smallest absolute Gasteiger partial charge is 0.287 e. The summed E-state index contributed by atoms with van der Waals surface area (Å²) in [6, 6.07) is 7.45. The van der Waals surface area contributed by atoms with Crippen LogP contribution in [-0.4, -0.2) is 27.8 Å². The standard InChI is InChI=1S/C23H24F4N6/c1-13-11-18(13)32-22-31-16(15-5-3-7-17(30-15)21(24)25)6-4-8-20(33-22)29-14-9-10-28-19(12-14)23(2,26)27/h3,5-7,9-10,12-13,18,21H,4,8,11H2,1-2H3,(H2,28,29,31,32,33)/b16-6-. The Morgan fingerprint density at radius 1 is 1.24 bits per heavy atom. The second kappa shape index (κ2) is 9.29. The van der Waals surface area contributed by atoms with Crippen molar-refractivity contribution in [3.05, 3.63) is 59.7 Å². The molecule has 0 spiro atoms. The summed E-state index contributed by atoms with van der Waals surface area (Å²) in [5.41, 5.74) is 0.711. The molecule has 2 aromatic rings. The Hall–Kier alpha value is -3.30. The molecule has 0 amide bonds. The number of anilines is 1. The lowest BCUT2D eigenvalue weighted by molar-refractivity contribution is 0.0128. The first kappa shape index (κ1) is 22.9. The Labute approximate surface area is 189 Å². The third-order valence-electron chi connectivity index (χ3n) is 5.34. The number of nitrogens with zero attached hydrogens (tertiary/aromatic N) is 4. The number of guanidine groups is 1. The van der Waals surface area contributed by atoms with Crippen LogP contribution in [0.1, 0.15) is 56.6 Å². The van der Waals surface area contributed by atoms with Crippen LogP contribution in [0.5, 0.6) is 0 Å². The molecule has 3 heterocycles. The van der Waals surface area contributed by atoms with Crippen LogP contribution in [0.2, 0.25) is 0 Å². The first-order valence-corrected chi connectivity index (χ1v) is 10.7. The Kier molecular flexibility index (Phi) is 6.44. The van der Waals surface area contributed by atoms with Crippen molar-refractivity contribution in [3.8, 4) is 0 Å². The zero-order valence-corrected chi connectivity index (χ0v) is 18.2. The number of rotatable bonds is 5. The summed E-state index contributed by atoms with van der Waals surface area (Å²) in [5, 5.41) is 6.21. The van der Waals surface area contributed by atoms with Gasteiger partial charge in [0, 0.05) is 25.2 Å². The number of pyridine rings is 2. The summed E-state index contributed by atoms with van der Waals surface area (Å²) in [6.45, 7) is 2.87. The normalized spacial score (nSPS) is 23.8. The lowest BCUT2D eigenvalue weighted by atomic mass is 10.1. The first-order chi connectivity index (χ1) is 15.7. The van der Waals surface area contributed by atoms with Gasteiger partial charge in [-0.15, -0.1) is 0 Å². The van der Waals surface area contributed by atoms with Crippen molar-refractivity contribution in [1.29, 1.82) is 0 Å². The summed E-state index contributed by atoms with van der Waals surface area (Å²) >= 11 is 0. The highest BCUT2D eigenvalue weighted by Crippen LogP contribution is 2.33. The molecule has 0 saturated heterocycles. The molecule has 0 bridgehead atoms. The molecule has 2 N–H and O–H groups in total. The van der Waals surface area contributed by atoms with Crippen molar-refractivity contribution in [2.45, 2.75) is 51.5 Å². The van der Waals surface area contributed by atoms with Crippen molar-refractivity contribution in [1.82, 2.24) is 15.3 Å². The van der Waals surface area contributed by atoms with Crippen molar-refractivity contribution >= 4 is 23.2 Å². The van der Waals surface area contributed by atoms with E-state index in [2.05, 4.69) is 37.5 Å². The molecule has 6 nitrogen and oxygen atoms in total. The van der Waals surface area contributed by atoms with Crippen molar-refractivity contribution in [3.63, 3.8) is 0 Å².